The van der Waals surface area contributed by atoms with Gasteiger partial charge in [-0.1, -0.05) is 18.2 Å². The largest absolute Gasteiger partial charge is 0.493 e. The average Bonchev–Trinajstić information content (AvgIpc) is 2.75. The fourth-order valence-corrected chi connectivity index (χ4v) is 5.00. The van der Waals surface area contributed by atoms with Crippen molar-refractivity contribution in [2.45, 2.75) is 17.4 Å². The first-order chi connectivity index (χ1) is 14.0. The van der Waals surface area contributed by atoms with Crippen LogP contribution < -0.4 is 10.1 Å². The van der Waals surface area contributed by atoms with Gasteiger partial charge in [0.25, 0.3) is 5.91 Å². The topological polar surface area (TPSA) is 84.9 Å². The van der Waals surface area contributed by atoms with Gasteiger partial charge in [0.05, 0.1) is 25.9 Å². The fourth-order valence-electron chi connectivity index (χ4n) is 3.50. The van der Waals surface area contributed by atoms with Crippen LogP contribution in [0.5, 0.6) is 5.75 Å². The molecule has 1 fully saturated rings. The molecule has 2 heterocycles. The third-order valence-corrected chi connectivity index (χ3v) is 6.96. The SMILES string of the molecule is O=C(N[C@@H]1CCOc2ccccc21)c1ccc(F)c(S(=O)(=O)N2CCOCC2)c1. The van der Waals surface area contributed by atoms with Crippen LogP contribution in [-0.2, 0) is 14.8 Å². The Labute approximate surface area is 168 Å². The summed E-state index contributed by atoms with van der Waals surface area (Å²) < 4.78 is 51.9. The highest BCUT2D eigenvalue weighted by Crippen LogP contribution is 2.32. The van der Waals surface area contributed by atoms with Gasteiger partial charge in [0.1, 0.15) is 16.5 Å². The zero-order chi connectivity index (χ0) is 20.4. The van der Waals surface area contributed by atoms with Crippen molar-refractivity contribution in [1.29, 1.82) is 0 Å². The molecule has 4 rings (SSSR count). The molecule has 0 aliphatic carbocycles. The molecule has 2 aliphatic rings. The van der Waals surface area contributed by atoms with Crippen LogP contribution in [0.4, 0.5) is 4.39 Å². The molecule has 0 radical (unpaired) electrons. The van der Waals surface area contributed by atoms with Crippen LogP contribution in [0.2, 0.25) is 0 Å². The lowest BCUT2D eigenvalue weighted by Crippen LogP contribution is -2.41. The maximum Gasteiger partial charge on any atom is 0.251 e. The van der Waals surface area contributed by atoms with Gasteiger partial charge in [0, 0.05) is 30.6 Å². The van der Waals surface area contributed by atoms with Crippen LogP contribution in [0.15, 0.2) is 47.4 Å². The second-order valence-electron chi connectivity index (χ2n) is 6.86. The van der Waals surface area contributed by atoms with E-state index in [2.05, 4.69) is 5.32 Å². The van der Waals surface area contributed by atoms with E-state index in [0.717, 1.165) is 17.7 Å². The molecule has 1 atom stereocenters. The van der Waals surface area contributed by atoms with E-state index in [-0.39, 0.29) is 37.9 Å². The smallest absolute Gasteiger partial charge is 0.251 e. The number of amides is 1. The molecule has 2 aromatic carbocycles. The molecule has 0 aromatic heterocycles. The van der Waals surface area contributed by atoms with Crippen LogP contribution in [0.25, 0.3) is 0 Å². The van der Waals surface area contributed by atoms with E-state index in [0.29, 0.717) is 18.8 Å². The van der Waals surface area contributed by atoms with Crippen molar-refractivity contribution in [1.82, 2.24) is 9.62 Å². The fraction of sp³-hybridized carbons (Fsp3) is 0.350. The number of benzene rings is 2. The summed E-state index contributed by atoms with van der Waals surface area (Å²) in [5.74, 6) is -0.645. The first kappa shape index (κ1) is 19.8. The molecular formula is C20H21FN2O5S. The third-order valence-electron chi connectivity index (χ3n) is 5.05. The zero-order valence-corrected chi connectivity index (χ0v) is 16.5. The molecule has 7 nitrogen and oxygen atoms in total. The quantitative estimate of drug-likeness (QED) is 0.819. The lowest BCUT2D eigenvalue weighted by molar-refractivity contribution is 0.0729. The highest BCUT2D eigenvalue weighted by atomic mass is 32.2. The van der Waals surface area contributed by atoms with Crippen molar-refractivity contribution in [3.8, 4) is 5.75 Å². The lowest BCUT2D eigenvalue weighted by Gasteiger charge is -2.27. The number of carbonyl (C=O) groups is 1. The Morgan fingerprint density at radius 2 is 1.86 bits per heavy atom. The summed E-state index contributed by atoms with van der Waals surface area (Å²) in [6.07, 6.45) is 0.586. The first-order valence-electron chi connectivity index (χ1n) is 9.37. The Kier molecular flexibility index (Phi) is 5.53. The van der Waals surface area contributed by atoms with Crippen molar-refractivity contribution in [3.63, 3.8) is 0 Å². The van der Waals surface area contributed by atoms with Gasteiger partial charge in [0.2, 0.25) is 10.0 Å². The second-order valence-corrected chi connectivity index (χ2v) is 8.77. The summed E-state index contributed by atoms with van der Waals surface area (Å²) in [6.45, 7) is 1.27. The molecule has 0 unspecified atom stereocenters. The molecule has 0 bridgehead atoms. The predicted octanol–water partition coefficient (Wildman–Crippen LogP) is 2.10. The average molecular weight is 420 g/mol. The monoisotopic (exact) mass is 420 g/mol. The molecular weight excluding hydrogens is 399 g/mol. The van der Waals surface area contributed by atoms with Gasteiger partial charge in [-0.2, -0.15) is 4.31 Å². The Balaban J connectivity index is 1.58. The highest BCUT2D eigenvalue weighted by molar-refractivity contribution is 7.89. The number of sulfonamides is 1. The molecule has 1 amide bonds. The van der Waals surface area contributed by atoms with E-state index in [1.54, 1.807) is 0 Å². The van der Waals surface area contributed by atoms with Gasteiger partial charge in [-0.3, -0.25) is 4.79 Å². The molecule has 2 aliphatic heterocycles. The number of ether oxygens (including phenoxy) is 2. The van der Waals surface area contributed by atoms with Gasteiger partial charge < -0.3 is 14.8 Å². The van der Waals surface area contributed by atoms with Crippen molar-refractivity contribution in [3.05, 3.63) is 59.4 Å². The van der Waals surface area contributed by atoms with E-state index < -0.39 is 26.6 Å². The highest BCUT2D eigenvalue weighted by Gasteiger charge is 2.30. The minimum absolute atomic E-state index is 0.0854. The third kappa shape index (κ3) is 3.98. The summed E-state index contributed by atoms with van der Waals surface area (Å²) in [6, 6.07) is 10.5. The minimum atomic E-state index is -4.05. The molecule has 154 valence electrons. The van der Waals surface area contributed by atoms with E-state index in [1.165, 1.54) is 10.4 Å². The van der Waals surface area contributed by atoms with Crippen LogP contribution in [0.3, 0.4) is 0 Å². The number of hydrogen-bond donors (Lipinski definition) is 1. The number of nitrogens with one attached hydrogen (secondary N) is 1. The van der Waals surface area contributed by atoms with Crippen LogP contribution in [-0.4, -0.2) is 51.5 Å². The molecule has 2 aromatic rings. The van der Waals surface area contributed by atoms with Gasteiger partial charge >= 0.3 is 0 Å². The van der Waals surface area contributed by atoms with Crippen molar-refractivity contribution in [2.24, 2.45) is 0 Å². The van der Waals surface area contributed by atoms with Gasteiger partial charge in [-0.15, -0.1) is 0 Å². The number of morpholine rings is 1. The first-order valence-corrected chi connectivity index (χ1v) is 10.8. The molecule has 1 N–H and O–H groups in total. The number of nitrogens with zero attached hydrogens (tertiary/aromatic N) is 1. The predicted molar refractivity (Wildman–Crippen MR) is 103 cm³/mol. The molecule has 1 saturated heterocycles. The van der Waals surface area contributed by atoms with Gasteiger partial charge in [-0.25, -0.2) is 12.8 Å². The normalized spacial score (nSPS) is 19.8. The maximum atomic E-state index is 14.4. The summed E-state index contributed by atoms with van der Waals surface area (Å²) in [4.78, 5) is 12.3. The van der Waals surface area contributed by atoms with E-state index in [4.69, 9.17) is 9.47 Å². The van der Waals surface area contributed by atoms with E-state index in [1.807, 2.05) is 24.3 Å². The van der Waals surface area contributed by atoms with Crippen molar-refractivity contribution < 1.29 is 27.1 Å². The standard InChI is InChI=1S/C20H21FN2O5S/c21-16-6-5-14(13-19(16)29(25,26)23-8-11-27-12-9-23)20(24)22-17-7-10-28-18-4-2-1-3-15(17)18/h1-6,13,17H,7-12H2,(H,22,24)/t17-/m1/s1. The number of para-hydroxylation sites is 1. The Morgan fingerprint density at radius 3 is 2.66 bits per heavy atom. The summed E-state index contributed by atoms with van der Waals surface area (Å²) in [5, 5.41) is 2.90. The van der Waals surface area contributed by atoms with Crippen LogP contribution in [0.1, 0.15) is 28.4 Å². The zero-order valence-electron chi connectivity index (χ0n) is 15.6. The van der Waals surface area contributed by atoms with E-state index >= 15 is 0 Å². The second kappa shape index (κ2) is 8.10. The summed E-state index contributed by atoms with van der Waals surface area (Å²) in [5.41, 5.74) is 0.942. The van der Waals surface area contributed by atoms with Crippen molar-refractivity contribution >= 4 is 15.9 Å². The minimum Gasteiger partial charge on any atom is -0.493 e. The number of hydrogen-bond acceptors (Lipinski definition) is 5. The molecule has 0 saturated carbocycles. The molecule has 0 spiro atoms. The number of rotatable bonds is 4. The summed E-state index contributed by atoms with van der Waals surface area (Å²) in [7, 11) is -4.05. The van der Waals surface area contributed by atoms with E-state index in [9.17, 15) is 17.6 Å². The Morgan fingerprint density at radius 1 is 1.10 bits per heavy atom. The summed E-state index contributed by atoms with van der Waals surface area (Å²) >= 11 is 0. The maximum absolute atomic E-state index is 14.4. The number of carbonyl (C=O) groups excluding carboxylic acids is 1. The molecule has 29 heavy (non-hydrogen) atoms. The lowest BCUT2D eigenvalue weighted by atomic mass is 10.00. The van der Waals surface area contributed by atoms with Crippen molar-refractivity contribution in [2.75, 3.05) is 32.9 Å². The number of fused-ring (bicyclic) bond motifs is 1. The van der Waals surface area contributed by atoms with Crippen LogP contribution >= 0.6 is 0 Å². The van der Waals surface area contributed by atoms with Gasteiger partial charge in [-0.05, 0) is 24.3 Å². The Bertz CT molecular complexity index is 1020. The van der Waals surface area contributed by atoms with Crippen LogP contribution in [0, 0.1) is 5.82 Å². The molecule has 9 heteroatoms. The van der Waals surface area contributed by atoms with Gasteiger partial charge in [0.15, 0.2) is 0 Å². The Hall–Kier alpha value is -2.49. The number of halogens is 1.